The second-order valence-electron chi connectivity index (χ2n) is 10.1. The number of carbonyl (C=O) groups is 2. The summed E-state index contributed by atoms with van der Waals surface area (Å²) < 4.78 is 18.6. The molecular formula is C29H38N4O5. The molecule has 9 nitrogen and oxygen atoms in total. The number of likely N-dealkylation sites (tertiary alicyclic amines) is 1. The summed E-state index contributed by atoms with van der Waals surface area (Å²) in [6.07, 6.45) is -0.261. The van der Waals surface area contributed by atoms with Gasteiger partial charge in [0.15, 0.2) is 0 Å². The average molecular weight is 525 g/mol. The Bertz CT molecular complexity index is 1150. The Balaban J connectivity index is 1.65. The van der Waals surface area contributed by atoms with Gasteiger partial charge in [0.25, 0.3) is 0 Å². The number of aliphatic imine (C=N–C) groups is 1. The first-order chi connectivity index (χ1) is 18.6. The smallest absolute Gasteiger partial charge is 0.437 e. The van der Waals surface area contributed by atoms with Crippen molar-refractivity contribution >= 4 is 18.1 Å². The summed E-state index contributed by atoms with van der Waals surface area (Å²) in [7, 11) is 0. The fraction of sp³-hybridized carbons (Fsp3) is 0.414. The van der Waals surface area contributed by atoms with Crippen LogP contribution in [-0.2, 0) is 15.1 Å². The van der Waals surface area contributed by atoms with Crippen LogP contribution in [0.15, 0.2) is 72.2 Å². The number of rotatable bonds is 8. The molecule has 3 atom stereocenters. The Labute approximate surface area is 225 Å². The van der Waals surface area contributed by atoms with E-state index < -0.39 is 36.2 Å². The molecule has 1 heterocycles. The Kier molecular flexibility index (Phi) is 9.02. The minimum atomic E-state index is -0.977. The zero-order chi connectivity index (χ0) is 28.6. The highest BCUT2D eigenvalue weighted by Crippen LogP contribution is 2.28. The highest BCUT2D eigenvalue weighted by Gasteiger charge is 2.34. The van der Waals surface area contributed by atoms with Crippen molar-refractivity contribution in [3.05, 3.63) is 72.8 Å². The van der Waals surface area contributed by atoms with Gasteiger partial charge < -0.3 is 30.5 Å². The number of amides is 2. The third kappa shape index (κ3) is 7.35. The molecule has 0 saturated carbocycles. The zero-order valence-electron chi connectivity index (χ0n) is 23.4. The van der Waals surface area contributed by atoms with Crippen molar-refractivity contribution < 1.29 is 24.2 Å². The predicted octanol–water partition coefficient (Wildman–Crippen LogP) is 4.76. The van der Waals surface area contributed by atoms with Gasteiger partial charge in [-0.2, -0.15) is 0 Å². The molecule has 3 unspecified atom stereocenters. The molecule has 204 valence electrons. The van der Waals surface area contributed by atoms with Gasteiger partial charge in [0, 0.05) is 6.54 Å². The molecule has 1 saturated heterocycles. The number of nitrogens with one attached hydrogen (secondary N) is 1. The molecule has 2 aromatic rings. The minimum absolute atomic E-state index is 0.0548. The highest BCUT2D eigenvalue weighted by atomic mass is 16.6. The standard InChI is InChI=1S/C29H38N4O5/c1-6-24(19(2)3)37-27(35)31-23-13-10-18-33(25(23)34)26(30)32-28(36)38-29(4,5)22-16-14-21(15-17-22)20-11-8-7-9-12-20/h6-9,11-12,14-17,19,23-25,34H,1,10,13,18H2,2-5H3,(H,31,35)(H2,30,32,36)/i34T. The lowest BCUT2D eigenvalue weighted by Crippen LogP contribution is -2.59. The van der Waals surface area contributed by atoms with E-state index in [1.54, 1.807) is 19.9 Å². The van der Waals surface area contributed by atoms with Gasteiger partial charge in [-0.3, -0.25) is 0 Å². The lowest BCUT2D eigenvalue weighted by atomic mass is 9.95. The second-order valence-corrected chi connectivity index (χ2v) is 10.1. The highest BCUT2D eigenvalue weighted by molar-refractivity contribution is 5.89. The van der Waals surface area contributed by atoms with Crippen LogP contribution in [0.1, 0.15) is 46.1 Å². The summed E-state index contributed by atoms with van der Waals surface area (Å²) in [5, 5.41) is 7.62. The van der Waals surface area contributed by atoms with Crippen molar-refractivity contribution in [1.82, 2.24) is 10.2 Å². The van der Waals surface area contributed by atoms with E-state index in [9.17, 15) is 9.59 Å². The third-order valence-electron chi connectivity index (χ3n) is 6.53. The number of nitrogens with zero attached hydrogens (tertiary/aromatic N) is 2. The average Bonchev–Trinajstić information content (AvgIpc) is 2.91. The predicted molar refractivity (Wildman–Crippen MR) is 147 cm³/mol. The van der Waals surface area contributed by atoms with Crippen LogP contribution >= 0.6 is 0 Å². The number of hydrogen-bond acceptors (Lipinski definition) is 5. The lowest BCUT2D eigenvalue weighted by Gasteiger charge is -2.38. The number of aliphatic hydroxyl groups is 1. The molecule has 1 aliphatic rings. The molecule has 38 heavy (non-hydrogen) atoms. The number of alkyl carbamates (subject to hydrolysis) is 1. The van der Waals surface area contributed by atoms with Gasteiger partial charge in [0.1, 0.15) is 17.9 Å². The summed E-state index contributed by atoms with van der Waals surface area (Å²) >= 11 is 0. The molecule has 0 spiro atoms. The van der Waals surface area contributed by atoms with Crippen LogP contribution in [0, 0.1) is 5.92 Å². The van der Waals surface area contributed by atoms with Crippen LogP contribution in [0.3, 0.4) is 0 Å². The van der Waals surface area contributed by atoms with Crippen molar-refractivity contribution in [3.8, 4) is 11.1 Å². The number of hydrogen-bond donors (Lipinski definition) is 3. The molecule has 0 radical (unpaired) electrons. The summed E-state index contributed by atoms with van der Waals surface area (Å²) in [5.41, 5.74) is 8.09. The summed E-state index contributed by atoms with van der Waals surface area (Å²) in [6.45, 7) is 11.4. The normalized spacial score (nSPS) is 19.3. The van der Waals surface area contributed by atoms with Gasteiger partial charge in [0.2, 0.25) is 7.39 Å². The van der Waals surface area contributed by atoms with Crippen LogP contribution in [0.2, 0.25) is 0 Å². The number of benzene rings is 2. The van der Waals surface area contributed by atoms with Gasteiger partial charge in [-0.15, -0.1) is 4.99 Å². The molecule has 0 bridgehead atoms. The summed E-state index contributed by atoms with van der Waals surface area (Å²) in [4.78, 5) is 30.6. The minimum Gasteiger partial charge on any atom is -0.442 e. The Hall–Kier alpha value is -3.85. The fourth-order valence-electron chi connectivity index (χ4n) is 4.27. The molecule has 0 aromatic heterocycles. The van der Waals surface area contributed by atoms with E-state index in [1.165, 1.54) is 4.90 Å². The van der Waals surface area contributed by atoms with E-state index in [0.29, 0.717) is 19.4 Å². The molecule has 0 aliphatic carbocycles. The van der Waals surface area contributed by atoms with E-state index >= 15 is 0 Å². The van der Waals surface area contributed by atoms with Crippen molar-refractivity contribution in [2.75, 3.05) is 6.54 Å². The van der Waals surface area contributed by atoms with Crippen LogP contribution < -0.4 is 11.1 Å². The first-order valence-electron chi connectivity index (χ1n) is 13.2. The number of guanidine groups is 1. The Morgan fingerprint density at radius 1 is 1.21 bits per heavy atom. The topological polar surface area (TPSA) is 126 Å². The van der Waals surface area contributed by atoms with Crippen LogP contribution in [0.4, 0.5) is 9.59 Å². The van der Waals surface area contributed by atoms with Crippen molar-refractivity contribution in [2.24, 2.45) is 16.6 Å². The van der Waals surface area contributed by atoms with E-state index in [1.807, 2.05) is 68.4 Å². The van der Waals surface area contributed by atoms with E-state index in [4.69, 9.17) is 21.7 Å². The van der Waals surface area contributed by atoms with E-state index in [2.05, 4.69) is 16.9 Å². The molecule has 9 heteroatoms. The van der Waals surface area contributed by atoms with Gasteiger partial charge in [0.05, 0.1) is 6.04 Å². The first kappa shape index (κ1) is 27.2. The van der Waals surface area contributed by atoms with Crippen molar-refractivity contribution in [1.29, 1.82) is 1.43 Å². The SMILES string of the molecule is [3H]OC1C(NC(=O)OC(C=C)C(C)C)CCCN1C(N)=NC(=O)OC(C)(C)c1ccc(-c2ccccc2)cc1. The van der Waals surface area contributed by atoms with Gasteiger partial charge in [-0.25, -0.2) is 9.59 Å². The van der Waals surface area contributed by atoms with E-state index in [-0.39, 0.29) is 11.9 Å². The van der Waals surface area contributed by atoms with Gasteiger partial charge in [-0.05, 0) is 49.3 Å². The maximum Gasteiger partial charge on any atom is 0.437 e. The molecule has 2 aromatic carbocycles. The molecule has 4 N–H and O–H groups in total. The number of carbonyl (C=O) groups excluding carboxylic acids is 2. The first-order valence-corrected chi connectivity index (χ1v) is 12.8. The number of aliphatic hydroxyl groups excluding tert-OH is 1. The molecule has 3 rings (SSSR count). The summed E-state index contributed by atoms with van der Waals surface area (Å²) in [5.74, 6) is -0.113. The quantitative estimate of drug-likeness (QED) is 0.258. The number of ether oxygens (including phenoxy) is 2. The molecule has 1 fully saturated rings. The Morgan fingerprint density at radius 2 is 1.87 bits per heavy atom. The third-order valence-corrected chi connectivity index (χ3v) is 6.53. The lowest BCUT2D eigenvalue weighted by molar-refractivity contribution is -0.00919. The number of piperidine rings is 1. The van der Waals surface area contributed by atoms with Crippen LogP contribution in [0.25, 0.3) is 11.1 Å². The maximum absolute atomic E-state index is 12.7. The largest absolute Gasteiger partial charge is 0.442 e. The second kappa shape index (κ2) is 12.6. The monoisotopic (exact) mass is 524 g/mol. The summed E-state index contributed by atoms with van der Waals surface area (Å²) in [6, 6.07) is 17.1. The molecular weight excluding hydrogens is 484 g/mol. The van der Waals surface area contributed by atoms with Crippen molar-refractivity contribution in [3.63, 3.8) is 0 Å². The maximum atomic E-state index is 12.7. The zero-order valence-corrected chi connectivity index (χ0v) is 22.4. The Morgan fingerprint density at radius 3 is 2.47 bits per heavy atom. The van der Waals surface area contributed by atoms with Crippen LogP contribution in [-0.4, -0.2) is 54.5 Å². The van der Waals surface area contributed by atoms with Crippen molar-refractivity contribution in [2.45, 2.75) is 64.5 Å². The molecule has 2 amide bonds. The fourth-order valence-corrected chi connectivity index (χ4v) is 4.27. The van der Waals surface area contributed by atoms with E-state index in [0.717, 1.165) is 16.7 Å². The molecule has 1 aliphatic heterocycles. The van der Waals surface area contributed by atoms with Gasteiger partial charge in [-0.1, -0.05) is 81.1 Å². The number of nitrogens with two attached hydrogens (primary N) is 1. The van der Waals surface area contributed by atoms with Crippen LogP contribution in [0.5, 0.6) is 0 Å². The van der Waals surface area contributed by atoms with Gasteiger partial charge >= 0.3 is 12.2 Å².